The summed E-state index contributed by atoms with van der Waals surface area (Å²) >= 11 is 0. The molecule has 15 heavy (non-hydrogen) atoms. The number of esters is 1. The smallest absolute Gasteiger partial charge is 0.309 e. The van der Waals surface area contributed by atoms with E-state index in [0.29, 0.717) is 5.92 Å². The number of aliphatic carboxylic acids is 1. The molecule has 0 aliphatic heterocycles. The summed E-state index contributed by atoms with van der Waals surface area (Å²) in [6.45, 7) is 0. The molecule has 0 heterocycles. The van der Waals surface area contributed by atoms with Crippen molar-refractivity contribution < 1.29 is 19.4 Å². The van der Waals surface area contributed by atoms with Crippen LogP contribution in [0.15, 0.2) is 0 Å². The highest BCUT2D eigenvalue weighted by molar-refractivity contribution is 5.78. The van der Waals surface area contributed by atoms with E-state index in [1.165, 1.54) is 7.11 Å². The highest BCUT2D eigenvalue weighted by Gasteiger charge is 2.57. The molecule has 2 fully saturated rings. The summed E-state index contributed by atoms with van der Waals surface area (Å²) in [5, 5.41) is 9.29. The van der Waals surface area contributed by atoms with Crippen LogP contribution < -0.4 is 0 Å². The van der Waals surface area contributed by atoms with Crippen LogP contribution in [0.3, 0.4) is 0 Å². The minimum atomic E-state index is -0.726. The highest BCUT2D eigenvalue weighted by atomic mass is 16.5. The zero-order valence-electron chi connectivity index (χ0n) is 8.86. The summed E-state index contributed by atoms with van der Waals surface area (Å²) in [4.78, 5) is 22.5. The number of carboxylic acids is 1. The molecule has 2 saturated carbocycles. The Bertz CT molecular complexity index is 299. The number of rotatable bonds is 3. The van der Waals surface area contributed by atoms with Gasteiger partial charge in [-0.1, -0.05) is 0 Å². The SMILES string of the molecule is COC(=O)CC1CC2CCC1(C(=O)O)C2. The van der Waals surface area contributed by atoms with E-state index in [2.05, 4.69) is 4.74 Å². The van der Waals surface area contributed by atoms with E-state index in [-0.39, 0.29) is 18.3 Å². The van der Waals surface area contributed by atoms with Crippen LogP contribution >= 0.6 is 0 Å². The van der Waals surface area contributed by atoms with Crippen molar-refractivity contribution in [1.82, 2.24) is 0 Å². The fourth-order valence-corrected chi connectivity index (χ4v) is 3.31. The van der Waals surface area contributed by atoms with E-state index in [1.807, 2.05) is 0 Å². The first-order valence-corrected chi connectivity index (χ1v) is 5.38. The van der Waals surface area contributed by atoms with Crippen LogP contribution in [0.4, 0.5) is 0 Å². The van der Waals surface area contributed by atoms with Gasteiger partial charge in [0.05, 0.1) is 12.5 Å². The van der Waals surface area contributed by atoms with Crippen LogP contribution in [0.5, 0.6) is 0 Å². The average Bonchev–Trinajstić information content (AvgIpc) is 2.76. The van der Waals surface area contributed by atoms with E-state index in [1.54, 1.807) is 0 Å². The average molecular weight is 212 g/mol. The van der Waals surface area contributed by atoms with Crippen LogP contribution in [0.1, 0.15) is 32.1 Å². The molecule has 2 aliphatic rings. The van der Waals surface area contributed by atoms with Crippen molar-refractivity contribution in [3.05, 3.63) is 0 Å². The van der Waals surface area contributed by atoms with Crippen molar-refractivity contribution in [2.75, 3.05) is 7.11 Å². The lowest BCUT2D eigenvalue weighted by atomic mass is 9.73. The Morgan fingerprint density at radius 2 is 2.27 bits per heavy atom. The van der Waals surface area contributed by atoms with Crippen LogP contribution in [-0.4, -0.2) is 24.2 Å². The van der Waals surface area contributed by atoms with Crippen LogP contribution in [0.2, 0.25) is 0 Å². The predicted octanol–water partition coefficient (Wildman–Crippen LogP) is 1.44. The molecule has 2 bridgehead atoms. The van der Waals surface area contributed by atoms with Gasteiger partial charge in [0.2, 0.25) is 0 Å². The molecule has 0 radical (unpaired) electrons. The molecule has 0 amide bonds. The molecule has 0 spiro atoms. The second-order valence-electron chi connectivity index (χ2n) is 4.78. The number of hydrogen-bond donors (Lipinski definition) is 1. The van der Waals surface area contributed by atoms with Crippen molar-refractivity contribution in [3.63, 3.8) is 0 Å². The first-order chi connectivity index (χ1) is 7.08. The maximum Gasteiger partial charge on any atom is 0.309 e. The third-order valence-corrected chi connectivity index (χ3v) is 4.12. The maximum absolute atomic E-state index is 11.3. The van der Waals surface area contributed by atoms with Gasteiger partial charge in [0.1, 0.15) is 0 Å². The van der Waals surface area contributed by atoms with Crippen LogP contribution in [0.25, 0.3) is 0 Å². The first kappa shape index (κ1) is 10.5. The molecule has 0 aromatic carbocycles. The van der Waals surface area contributed by atoms with E-state index >= 15 is 0 Å². The van der Waals surface area contributed by atoms with Crippen molar-refractivity contribution >= 4 is 11.9 Å². The van der Waals surface area contributed by atoms with Crippen LogP contribution in [-0.2, 0) is 14.3 Å². The lowest BCUT2D eigenvalue weighted by molar-refractivity contribution is -0.153. The summed E-state index contributed by atoms with van der Waals surface area (Å²) in [5.41, 5.74) is -0.626. The fourth-order valence-electron chi connectivity index (χ4n) is 3.31. The Morgan fingerprint density at radius 3 is 2.80 bits per heavy atom. The zero-order chi connectivity index (χ0) is 11.1. The van der Waals surface area contributed by atoms with Crippen molar-refractivity contribution in [2.24, 2.45) is 17.3 Å². The lowest BCUT2D eigenvalue weighted by Gasteiger charge is -2.30. The van der Waals surface area contributed by atoms with Gasteiger partial charge in [-0.15, -0.1) is 0 Å². The molecule has 4 heteroatoms. The van der Waals surface area contributed by atoms with Gasteiger partial charge in [0, 0.05) is 6.42 Å². The molecular formula is C11H16O4. The summed E-state index contributed by atoms with van der Waals surface area (Å²) in [7, 11) is 1.35. The van der Waals surface area contributed by atoms with E-state index in [0.717, 1.165) is 25.7 Å². The number of carbonyl (C=O) groups excluding carboxylic acids is 1. The number of methoxy groups -OCH3 is 1. The van der Waals surface area contributed by atoms with Gasteiger partial charge in [-0.25, -0.2) is 0 Å². The zero-order valence-corrected chi connectivity index (χ0v) is 8.86. The fraction of sp³-hybridized carbons (Fsp3) is 0.818. The summed E-state index contributed by atoms with van der Waals surface area (Å²) < 4.78 is 4.61. The lowest BCUT2D eigenvalue weighted by Crippen LogP contribution is -2.35. The maximum atomic E-state index is 11.3. The molecule has 3 atom stereocenters. The molecule has 1 N–H and O–H groups in total. The minimum absolute atomic E-state index is 0.0128. The van der Waals surface area contributed by atoms with Gasteiger partial charge in [-0.3, -0.25) is 9.59 Å². The van der Waals surface area contributed by atoms with Gasteiger partial charge in [-0.05, 0) is 37.5 Å². The van der Waals surface area contributed by atoms with Crippen molar-refractivity contribution in [2.45, 2.75) is 32.1 Å². The molecule has 0 saturated heterocycles. The summed E-state index contributed by atoms with van der Waals surface area (Å²) in [6, 6.07) is 0. The number of ether oxygens (including phenoxy) is 1. The molecule has 2 rings (SSSR count). The van der Waals surface area contributed by atoms with E-state index in [9.17, 15) is 14.7 Å². The predicted molar refractivity (Wildman–Crippen MR) is 52.1 cm³/mol. The number of carbonyl (C=O) groups is 2. The topological polar surface area (TPSA) is 63.6 Å². The van der Waals surface area contributed by atoms with Crippen LogP contribution in [0, 0.1) is 17.3 Å². The quantitative estimate of drug-likeness (QED) is 0.719. The van der Waals surface area contributed by atoms with Gasteiger partial charge >= 0.3 is 11.9 Å². The number of hydrogen-bond acceptors (Lipinski definition) is 3. The first-order valence-electron chi connectivity index (χ1n) is 5.38. The summed E-state index contributed by atoms with van der Waals surface area (Å²) in [5.74, 6) is -0.512. The third-order valence-electron chi connectivity index (χ3n) is 4.12. The monoisotopic (exact) mass is 212 g/mol. The Hall–Kier alpha value is -1.06. The number of carboxylic acid groups (broad SMARTS) is 1. The van der Waals surface area contributed by atoms with Crippen molar-refractivity contribution in [3.8, 4) is 0 Å². The Labute approximate surface area is 88.6 Å². The molecule has 4 nitrogen and oxygen atoms in total. The third kappa shape index (κ3) is 1.52. The normalized spacial score (nSPS) is 37.9. The molecular weight excluding hydrogens is 196 g/mol. The number of fused-ring (bicyclic) bond motifs is 2. The highest BCUT2D eigenvalue weighted by Crippen LogP contribution is 2.58. The molecule has 2 aliphatic carbocycles. The molecule has 84 valence electrons. The van der Waals surface area contributed by atoms with Gasteiger partial charge in [-0.2, -0.15) is 0 Å². The Kier molecular flexibility index (Phi) is 2.44. The minimum Gasteiger partial charge on any atom is -0.481 e. The Morgan fingerprint density at radius 1 is 1.53 bits per heavy atom. The Balaban J connectivity index is 2.13. The van der Waals surface area contributed by atoms with Gasteiger partial charge < -0.3 is 9.84 Å². The molecule has 0 aromatic heterocycles. The van der Waals surface area contributed by atoms with Gasteiger partial charge in [0.15, 0.2) is 0 Å². The standard InChI is InChI=1S/C11H16O4/c1-15-9(12)5-8-4-7-2-3-11(8,6-7)10(13)14/h7-8H,2-6H2,1H3,(H,13,14). The second kappa shape index (κ2) is 3.51. The molecule has 3 unspecified atom stereocenters. The van der Waals surface area contributed by atoms with E-state index in [4.69, 9.17) is 0 Å². The van der Waals surface area contributed by atoms with E-state index < -0.39 is 11.4 Å². The van der Waals surface area contributed by atoms with Gasteiger partial charge in [0.25, 0.3) is 0 Å². The molecule has 0 aromatic rings. The van der Waals surface area contributed by atoms with Crippen molar-refractivity contribution in [1.29, 1.82) is 0 Å². The largest absolute Gasteiger partial charge is 0.481 e. The summed E-state index contributed by atoms with van der Waals surface area (Å²) in [6.07, 6.45) is 3.63. The second-order valence-corrected chi connectivity index (χ2v) is 4.78.